The van der Waals surface area contributed by atoms with Gasteiger partial charge in [0.1, 0.15) is 0 Å². The van der Waals surface area contributed by atoms with Crippen molar-refractivity contribution >= 4 is 57.6 Å². The number of carbonyl (C=O) groups excluding carboxylic acids is 1. The average Bonchev–Trinajstić information content (AvgIpc) is 2.53. The lowest BCUT2D eigenvalue weighted by Crippen LogP contribution is -2.29. The van der Waals surface area contributed by atoms with Crippen LogP contribution in [0.15, 0.2) is 40.4 Å². The van der Waals surface area contributed by atoms with E-state index < -0.39 is 0 Å². The average molecular weight is 433 g/mol. The van der Waals surface area contributed by atoms with Crippen LogP contribution in [-0.4, -0.2) is 30.5 Å². The second-order valence-corrected chi connectivity index (χ2v) is 6.39. The van der Waals surface area contributed by atoms with Crippen molar-refractivity contribution in [2.24, 2.45) is 0 Å². The van der Waals surface area contributed by atoms with Gasteiger partial charge in [0.2, 0.25) is 0 Å². The molecule has 1 aliphatic heterocycles. The van der Waals surface area contributed by atoms with Gasteiger partial charge in [-0.3, -0.25) is 9.78 Å². The Bertz CT molecular complexity index is 765. The number of carbonyl (C=O) groups is 1. The highest BCUT2D eigenvalue weighted by atomic mass is 79.9. The zero-order valence-electron chi connectivity index (χ0n) is 13.3. The highest BCUT2D eigenvalue weighted by Crippen LogP contribution is 2.23. The van der Waals surface area contributed by atoms with Crippen LogP contribution in [-0.2, 0) is 0 Å². The monoisotopic (exact) mass is 431 g/mol. The molecule has 0 aliphatic carbocycles. The summed E-state index contributed by atoms with van der Waals surface area (Å²) < 4.78 is 0.945. The molecule has 3 rings (SSSR count). The van der Waals surface area contributed by atoms with Crippen LogP contribution in [0.3, 0.4) is 0 Å². The number of hydrogen-bond acceptors (Lipinski definition) is 3. The Morgan fingerprint density at radius 3 is 2.83 bits per heavy atom. The molecule has 4 nitrogen and oxygen atoms in total. The third-order valence-electron chi connectivity index (χ3n) is 3.78. The molecular formula is C17H20BrCl2N3O. The number of nitrogens with zero attached hydrogens (tertiary/aromatic N) is 1. The van der Waals surface area contributed by atoms with Gasteiger partial charge >= 0.3 is 0 Å². The number of aryl methyl sites for hydroxylation is 1. The Balaban J connectivity index is 0.00000144. The molecule has 1 aliphatic rings. The molecule has 0 fully saturated rings. The number of hydrogen-bond donors (Lipinski definition) is 2. The zero-order valence-corrected chi connectivity index (χ0v) is 16.5. The van der Waals surface area contributed by atoms with Crippen molar-refractivity contribution < 1.29 is 4.79 Å². The summed E-state index contributed by atoms with van der Waals surface area (Å²) in [5.74, 6) is -0.0481. The molecule has 0 bridgehead atoms. The molecule has 2 aromatic rings. The number of nitrogens with one attached hydrogen (secondary N) is 2. The minimum atomic E-state index is -0.0481. The third-order valence-corrected chi connectivity index (χ3v) is 4.27. The van der Waals surface area contributed by atoms with Crippen LogP contribution in [0.1, 0.15) is 22.5 Å². The molecule has 0 radical (unpaired) electrons. The van der Waals surface area contributed by atoms with Crippen molar-refractivity contribution in [1.29, 1.82) is 0 Å². The molecule has 2 heterocycles. The molecule has 0 atom stereocenters. The largest absolute Gasteiger partial charge is 0.348 e. The number of amides is 1. The van der Waals surface area contributed by atoms with E-state index in [4.69, 9.17) is 0 Å². The first-order valence-electron chi connectivity index (χ1n) is 7.37. The van der Waals surface area contributed by atoms with Gasteiger partial charge in [0, 0.05) is 28.6 Å². The lowest BCUT2D eigenvalue weighted by atomic mass is 10.1. The highest BCUT2D eigenvalue weighted by Gasteiger charge is 2.13. The van der Waals surface area contributed by atoms with Gasteiger partial charge in [-0.2, -0.15) is 0 Å². The quantitative estimate of drug-likeness (QED) is 0.725. The van der Waals surface area contributed by atoms with Crippen LogP contribution in [0.4, 0.5) is 0 Å². The number of aromatic nitrogens is 1. The summed E-state index contributed by atoms with van der Waals surface area (Å²) in [6.45, 7) is 4.38. The van der Waals surface area contributed by atoms with Crippen LogP contribution < -0.4 is 10.6 Å². The van der Waals surface area contributed by atoms with Gasteiger partial charge in [-0.05, 0) is 44.2 Å². The van der Waals surface area contributed by atoms with Crippen LogP contribution >= 0.6 is 40.7 Å². The fourth-order valence-corrected chi connectivity index (χ4v) is 3.00. The summed E-state index contributed by atoms with van der Waals surface area (Å²) in [5, 5.41) is 7.17. The summed E-state index contributed by atoms with van der Waals surface area (Å²) in [4.78, 5) is 17.1. The fraction of sp³-hybridized carbons (Fsp3) is 0.294. The van der Waals surface area contributed by atoms with Gasteiger partial charge in [-0.1, -0.05) is 27.6 Å². The SMILES string of the molecule is Cc1cc(C(=O)NCC2=CCNCC2)c2cc(Br)ccc2n1.Cl.Cl. The molecule has 0 saturated heterocycles. The molecule has 1 aromatic heterocycles. The summed E-state index contributed by atoms with van der Waals surface area (Å²) in [6.07, 6.45) is 3.14. The van der Waals surface area contributed by atoms with Crippen LogP contribution in [0, 0.1) is 6.92 Å². The minimum absolute atomic E-state index is 0. The molecule has 24 heavy (non-hydrogen) atoms. The van der Waals surface area contributed by atoms with Crippen molar-refractivity contribution in [3.8, 4) is 0 Å². The van der Waals surface area contributed by atoms with Gasteiger partial charge in [0.15, 0.2) is 0 Å². The molecule has 130 valence electrons. The van der Waals surface area contributed by atoms with E-state index in [2.05, 4.69) is 37.6 Å². The maximum absolute atomic E-state index is 12.6. The predicted molar refractivity (Wildman–Crippen MR) is 107 cm³/mol. The summed E-state index contributed by atoms with van der Waals surface area (Å²) in [5.41, 5.74) is 3.65. The topological polar surface area (TPSA) is 54.0 Å². The van der Waals surface area contributed by atoms with Gasteiger partial charge in [0.25, 0.3) is 5.91 Å². The van der Waals surface area contributed by atoms with Crippen molar-refractivity contribution in [2.45, 2.75) is 13.3 Å². The van der Waals surface area contributed by atoms with E-state index in [0.717, 1.165) is 40.6 Å². The van der Waals surface area contributed by atoms with Crippen molar-refractivity contribution in [3.05, 3.63) is 51.6 Å². The van der Waals surface area contributed by atoms with Crippen molar-refractivity contribution in [2.75, 3.05) is 19.6 Å². The number of fused-ring (bicyclic) bond motifs is 1. The summed E-state index contributed by atoms with van der Waals surface area (Å²) >= 11 is 3.46. The van der Waals surface area contributed by atoms with Gasteiger partial charge in [-0.25, -0.2) is 0 Å². The Morgan fingerprint density at radius 2 is 2.12 bits per heavy atom. The Labute approximate surface area is 162 Å². The normalized spacial score (nSPS) is 13.5. The number of benzene rings is 1. The smallest absolute Gasteiger partial charge is 0.252 e. The number of pyridine rings is 1. The molecule has 7 heteroatoms. The van der Waals surface area contributed by atoms with Gasteiger partial charge in [-0.15, -0.1) is 24.8 Å². The second-order valence-electron chi connectivity index (χ2n) is 5.47. The molecule has 1 aromatic carbocycles. The number of halogens is 3. The van der Waals surface area contributed by atoms with E-state index in [9.17, 15) is 4.79 Å². The Hall–Kier alpha value is -1.14. The molecule has 0 spiro atoms. The number of rotatable bonds is 3. The maximum Gasteiger partial charge on any atom is 0.252 e. The van der Waals surface area contributed by atoms with Gasteiger partial charge in [0.05, 0.1) is 11.1 Å². The van der Waals surface area contributed by atoms with Crippen LogP contribution in [0.2, 0.25) is 0 Å². The van der Waals surface area contributed by atoms with Gasteiger partial charge < -0.3 is 10.6 Å². The van der Waals surface area contributed by atoms with Crippen molar-refractivity contribution in [1.82, 2.24) is 15.6 Å². The first-order valence-corrected chi connectivity index (χ1v) is 8.16. The molecular weight excluding hydrogens is 413 g/mol. The van der Waals surface area contributed by atoms with E-state index in [1.807, 2.05) is 31.2 Å². The van der Waals surface area contributed by atoms with Crippen LogP contribution in [0.25, 0.3) is 10.9 Å². The van der Waals surface area contributed by atoms with E-state index in [0.29, 0.717) is 12.1 Å². The Morgan fingerprint density at radius 1 is 1.33 bits per heavy atom. The van der Waals surface area contributed by atoms with E-state index >= 15 is 0 Å². The van der Waals surface area contributed by atoms with Crippen LogP contribution in [0.5, 0.6) is 0 Å². The van der Waals surface area contributed by atoms with E-state index in [1.54, 1.807) is 0 Å². The lowest BCUT2D eigenvalue weighted by molar-refractivity contribution is 0.0958. The molecule has 0 unspecified atom stereocenters. The molecule has 2 N–H and O–H groups in total. The minimum Gasteiger partial charge on any atom is -0.348 e. The molecule has 0 saturated carbocycles. The molecule has 1 amide bonds. The maximum atomic E-state index is 12.6. The van der Waals surface area contributed by atoms with E-state index in [-0.39, 0.29) is 30.7 Å². The standard InChI is InChI=1S/C17H18BrN3O.2ClH/c1-11-8-15(14-9-13(18)2-3-16(14)21-11)17(22)20-10-12-4-6-19-7-5-12;;/h2-4,8-9,19H,5-7,10H2,1H3,(H,20,22);2*1H. The first kappa shape index (κ1) is 20.9. The predicted octanol–water partition coefficient (Wildman–Crippen LogP) is 3.80. The third kappa shape index (κ3) is 4.93. The summed E-state index contributed by atoms with van der Waals surface area (Å²) in [7, 11) is 0. The lowest BCUT2D eigenvalue weighted by Gasteiger charge is -2.15. The van der Waals surface area contributed by atoms with Crippen molar-refractivity contribution in [3.63, 3.8) is 0 Å². The first-order chi connectivity index (χ1) is 10.6. The van der Waals surface area contributed by atoms with E-state index in [1.165, 1.54) is 5.57 Å². The second kappa shape index (κ2) is 9.37. The Kier molecular flexibility index (Phi) is 8.16. The zero-order chi connectivity index (χ0) is 15.5. The fourth-order valence-electron chi connectivity index (χ4n) is 2.64. The highest BCUT2D eigenvalue weighted by molar-refractivity contribution is 9.10. The summed E-state index contributed by atoms with van der Waals surface area (Å²) in [6, 6.07) is 7.66.